The summed E-state index contributed by atoms with van der Waals surface area (Å²) in [6.07, 6.45) is 4.61. The third-order valence-corrected chi connectivity index (χ3v) is 3.26. The van der Waals surface area contributed by atoms with Crippen LogP contribution in [-0.4, -0.2) is 24.9 Å². The fraction of sp³-hybridized carbons (Fsp3) is 0.500. The highest BCUT2D eigenvalue weighted by Crippen LogP contribution is 2.11. The number of ether oxygens (including phenoxy) is 1. The van der Waals surface area contributed by atoms with Gasteiger partial charge in [0, 0.05) is 17.4 Å². The summed E-state index contributed by atoms with van der Waals surface area (Å²) in [5, 5.41) is 3.98. The van der Waals surface area contributed by atoms with Crippen molar-refractivity contribution in [3.8, 4) is 5.75 Å². The Morgan fingerprint density at radius 2 is 1.83 bits per heavy atom. The van der Waals surface area contributed by atoms with Crippen molar-refractivity contribution in [2.75, 3.05) is 19.0 Å². The molecule has 1 N–H and O–H groups in total. The smallest absolute Gasteiger partial charge is 0.251 e. The lowest BCUT2D eigenvalue weighted by Crippen LogP contribution is -2.24. The van der Waals surface area contributed by atoms with Crippen LogP contribution in [0.1, 0.15) is 36.0 Å². The van der Waals surface area contributed by atoms with Gasteiger partial charge in [-0.3, -0.25) is 4.79 Å². The average molecular weight is 314 g/mol. The van der Waals surface area contributed by atoms with Gasteiger partial charge >= 0.3 is 0 Å². The molecule has 0 aliphatic heterocycles. The van der Waals surface area contributed by atoms with Crippen LogP contribution >= 0.6 is 15.9 Å². The largest absolute Gasteiger partial charge is 0.497 e. The summed E-state index contributed by atoms with van der Waals surface area (Å²) in [7, 11) is 1.61. The monoisotopic (exact) mass is 313 g/mol. The summed E-state index contributed by atoms with van der Waals surface area (Å²) in [5.74, 6) is 0.750. The summed E-state index contributed by atoms with van der Waals surface area (Å²) in [6, 6.07) is 7.15. The Labute approximate surface area is 117 Å². The molecule has 1 aromatic rings. The SMILES string of the molecule is COc1ccc(C(=O)NCCCCCCBr)cc1. The second-order valence-corrected chi connectivity index (χ2v) is 4.88. The molecule has 100 valence electrons. The molecule has 0 heterocycles. The fourth-order valence-corrected chi connectivity index (χ4v) is 2.02. The van der Waals surface area contributed by atoms with Gasteiger partial charge in [0.05, 0.1) is 7.11 Å². The molecule has 0 saturated carbocycles. The number of amides is 1. The maximum absolute atomic E-state index is 11.8. The molecule has 1 amide bonds. The standard InChI is InChI=1S/C14H20BrNO2/c1-18-13-8-6-12(7-9-13)14(17)16-11-5-3-2-4-10-15/h6-9H,2-5,10-11H2,1H3,(H,16,17). The number of rotatable bonds is 8. The van der Waals surface area contributed by atoms with E-state index in [0.717, 1.165) is 30.5 Å². The van der Waals surface area contributed by atoms with Crippen LogP contribution in [0, 0.1) is 0 Å². The highest BCUT2D eigenvalue weighted by atomic mass is 79.9. The summed E-state index contributed by atoms with van der Waals surface area (Å²) in [5.41, 5.74) is 0.677. The Kier molecular flexibility index (Phi) is 7.49. The van der Waals surface area contributed by atoms with Crippen molar-refractivity contribution in [3.05, 3.63) is 29.8 Å². The van der Waals surface area contributed by atoms with Gasteiger partial charge in [-0.2, -0.15) is 0 Å². The molecular formula is C14H20BrNO2. The zero-order chi connectivity index (χ0) is 13.2. The van der Waals surface area contributed by atoms with Crippen LogP contribution in [0.15, 0.2) is 24.3 Å². The van der Waals surface area contributed by atoms with Crippen LogP contribution in [-0.2, 0) is 0 Å². The third-order valence-electron chi connectivity index (χ3n) is 2.70. The predicted octanol–water partition coefficient (Wildman–Crippen LogP) is 3.38. The first-order chi connectivity index (χ1) is 8.77. The number of alkyl halides is 1. The van der Waals surface area contributed by atoms with Gasteiger partial charge in [0.2, 0.25) is 0 Å². The highest BCUT2D eigenvalue weighted by molar-refractivity contribution is 9.09. The van der Waals surface area contributed by atoms with Crippen molar-refractivity contribution in [1.82, 2.24) is 5.32 Å². The molecule has 0 aliphatic rings. The Morgan fingerprint density at radius 1 is 1.17 bits per heavy atom. The van der Waals surface area contributed by atoms with E-state index < -0.39 is 0 Å². The third kappa shape index (κ3) is 5.54. The van der Waals surface area contributed by atoms with Gasteiger partial charge in [0.15, 0.2) is 0 Å². The van der Waals surface area contributed by atoms with Gasteiger partial charge in [-0.25, -0.2) is 0 Å². The number of hydrogen-bond acceptors (Lipinski definition) is 2. The molecule has 4 heteroatoms. The van der Waals surface area contributed by atoms with E-state index in [1.807, 2.05) is 0 Å². The minimum absolute atomic E-state index is 0.0156. The van der Waals surface area contributed by atoms with E-state index in [2.05, 4.69) is 21.2 Å². The van der Waals surface area contributed by atoms with Crippen molar-refractivity contribution in [1.29, 1.82) is 0 Å². The first kappa shape index (κ1) is 15.0. The maximum atomic E-state index is 11.8. The van der Waals surface area contributed by atoms with Crippen LogP contribution in [0.4, 0.5) is 0 Å². The summed E-state index contributed by atoms with van der Waals surface area (Å²) < 4.78 is 5.05. The van der Waals surface area contributed by atoms with Crippen molar-refractivity contribution in [3.63, 3.8) is 0 Å². The minimum atomic E-state index is -0.0156. The predicted molar refractivity (Wildman–Crippen MR) is 77.6 cm³/mol. The first-order valence-corrected chi connectivity index (χ1v) is 7.38. The Balaban J connectivity index is 2.23. The lowest BCUT2D eigenvalue weighted by atomic mass is 10.2. The van der Waals surface area contributed by atoms with Crippen molar-refractivity contribution in [2.24, 2.45) is 0 Å². The molecule has 0 fully saturated rings. The molecule has 0 aromatic heterocycles. The molecule has 3 nitrogen and oxygen atoms in total. The zero-order valence-corrected chi connectivity index (χ0v) is 12.3. The summed E-state index contributed by atoms with van der Waals surface area (Å²) >= 11 is 3.40. The first-order valence-electron chi connectivity index (χ1n) is 6.26. The lowest BCUT2D eigenvalue weighted by molar-refractivity contribution is 0.0953. The highest BCUT2D eigenvalue weighted by Gasteiger charge is 2.04. The Morgan fingerprint density at radius 3 is 2.44 bits per heavy atom. The van der Waals surface area contributed by atoms with Crippen LogP contribution in [0.2, 0.25) is 0 Å². The second kappa shape index (κ2) is 8.97. The van der Waals surface area contributed by atoms with Crippen molar-refractivity contribution >= 4 is 21.8 Å². The topological polar surface area (TPSA) is 38.3 Å². The molecular weight excluding hydrogens is 294 g/mol. The van der Waals surface area contributed by atoms with Gasteiger partial charge < -0.3 is 10.1 Å². The van der Waals surface area contributed by atoms with Gasteiger partial charge in [-0.1, -0.05) is 28.8 Å². The number of carbonyl (C=O) groups excluding carboxylic acids is 1. The Hall–Kier alpha value is -1.03. The van der Waals surface area contributed by atoms with Crippen molar-refractivity contribution < 1.29 is 9.53 Å². The van der Waals surface area contributed by atoms with Gasteiger partial charge in [-0.15, -0.1) is 0 Å². The fourth-order valence-electron chi connectivity index (χ4n) is 1.62. The number of hydrogen-bond donors (Lipinski definition) is 1. The molecule has 0 bridgehead atoms. The number of nitrogens with one attached hydrogen (secondary N) is 1. The van der Waals surface area contributed by atoms with E-state index in [-0.39, 0.29) is 5.91 Å². The molecule has 18 heavy (non-hydrogen) atoms. The van der Waals surface area contributed by atoms with E-state index in [1.54, 1.807) is 31.4 Å². The van der Waals surface area contributed by atoms with E-state index >= 15 is 0 Å². The minimum Gasteiger partial charge on any atom is -0.497 e. The normalized spacial score (nSPS) is 10.1. The average Bonchev–Trinajstić information content (AvgIpc) is 2.42. The number of carbonyl (C=O) groups is 1. The molecule has 0 radical (unpaired) electrons. The summed E-state index contributed by atoms with van der Waals surface area (Å²) in [4.78, 5) is 11.8. The van der Waals surface area contributed by atoms with E-state index in [9.17, 15) is 4.79 Å². The Bertz CT molecular complexity index is 351. The van der Waals surface area contributed by atoms with Crippen LogP contribution in [0.25, 0.3) is 0 Å². The number of unbranched alkanes of at least 4 members (excludes halogenated alkanes) is 3. The molecule has 0 unspecified atom stereocenters. The molecule has 1 aromatic carbocycles. The molecule has 0 spiro atoms. The van der Waals surface area contributed by atoms with Gasteiger partial charge in [-0.05, 0) is 37.1 Å². The van der Waals surface area contributed by atoms with E-state index in [0.29, 0.717) is 5.56 Å². The van der Waals surface area contributed by atoms with Crippen molar-refractivity contribution in [2.45, 2.75) is 25.7 Å². The van der Waals surface area contributed by atoms with Crippen LogP contribution in [0.3, 0.4) is 0 Å². The zero-order valence-electron chi connectivity index (χ0n) is 10.7. The molecule has 0 atom stereocenters. The number of benzene rings is 1. The quantitative estimate of drug-likeness (QED) is 0.590. The second-order valence-electron chi connectivity index (χ2n) is 4.09. The number of halogens is 1. The molecule has 0 aliphatic carbocycles. The summed E-state index contributed by atoms with van der Waals surface area (Å²) in [6.45, 7) is 0.743. The molecule has 0 saturated heterocycles. The van der Waals surface area contributed by atoms with Gasteiger partial charge in [0.1, 0.15) is 5.75 Å². The molecule has 1 rings (SSSR count). The van der Waals surface area contributed by atoms with E-state index in [4.69, 9.17) is 4.74 Å². The van der Waals surface area contributed by atoms with Crippen LogP contribution < -0.4 is 10.1 Å². The van der Waals surface area contributed by atoms with E-state index in [1.165, 1.54) is 12.8 Å². The van der Waals surface area contributed by atoms with Gasteiger partial charge in [0.25, 0.3) is 5.91 Å². The number of methoxy groups -OCH3 is 1. The lowest BCUT2D eigenvalue weighted by Gasteiger charge is -2.06. The maximum Gasteiger partial charge on any atom is 0.251 e. The van der Waals surface area contributed by atoms with Crippen LogP contribution in [0.5, 0.6) is 5.75 Å².